The van der Waals surface area contributed by atoms with Crippen LogP contribution in [0.4, 0.5) is 0 Å². The third-order valence-electron chi connectivity index (χ3n) is 2.94. The second-order valence-corrected chi connectivity index (χ2v) is 6.06. The molecule has 0 atom stereocenters. The monoisotopic (exact) mass is 343 g/mol. The number of methoxy groups -OCH3 is 1. The van der Waals surface area contributed by atoms with Crippen LogP contribution in [0.25, 0.3) is 0 Å². The van der Waals surface area contributed by atoms with Crippen molar-refractivity contribution in [3.05, 3.63) is 22.2 Å². The third-order valence-corrected chi connectivity index (χ3v) is 3.40. The quantitative estimate of drug-likeness (QED) is 0.668. The predicted octanol–water partition coefficient (Wildman–Crippen LogP) is 4.52. The van der Waals surface area contributed by atoms with Gasteiger partial charge in [0.15, 0.2) is 11.5 Å². The molecule has 0 aromatic heterocycles. The van der Waals surface area contributed by atoms with E-state index in [-0.39, 0.29) is 6.10 Å². The molecule has 0 aliphatic carbocycles. The molecule has 114 valence electrons. The van der Waals surface area contributed by atoms with Crippen molar-refractivity contribution in [2.24, 2.45) is 0 Å². The molecule has 0 bridgehead atoms. The summed E-state index contributed by atoms with van der Waals surface area (Å²) in [5, 5.41) is 3.47. The van der Waals surface area contributed by atoms with Crippen LogP contribution in [0.5, 0.6) is 11.5 Å². The molecule has 1 rings (SSSR count). The molecule has 0 saturated carbocycles. The van der Waals surface area contributed by atoms with Gasteiger partial charge in [-0.25, -0.2) is 0 Å². The second kappa shape index (κ2) is 9.24. The molecule has 1 N–H and O–H groups in total. The van der Waals surface area contributed by atoms with E-state index in [1.165, 1.54) is 19.3 Å². The van der Waals surface area contributed by atoms with Gasteiger partial charge >= 0.3 is 0 Å². The summed E-state index contributed by atoms with van der Waals surface area (Å²) < 4.78 is 12.4. The molecule has 0 aliphatic heterocycles. The van der Waals surface area contributed by atoms with Crippen molar-refractivity contribution in [2.45, 2.75) is 52.7 Å². The van der Waals surface area contributed by atoms with Crippen molar-refractivity contribution in [3.63, 3.8) is 0 Å². The number of nitrogens with one attached hydrogen (secondary N) is 1. The van der Waals surface area contributed by atoms with Crippen molar-refractivity contribution in [2.75, 3.05) is 13.7 Å². The van der Waals surface area contributed by atoms with Crippen LogP contribution in [0.15, 0.2) is 16.6 Å². The normalized spacial score (nSPS) is 10.9. The Morgan fingerprint density at radius 2 is 2.00 bits per heavy atom. The second-order valence-electron chi connectivity index (χ2n) is 5.15. The van der Waals surface area contributed by atoms with Gasteiger partial charge in [-0.3, -0.25) is 0 Å². The number of hydrogen-bond donors (Lipinski definition) is 1. The Labute approximate surface area is 131 Å². The number of hydrogen-bond acceptors (Lipinski definition) is 3. The van der Waals surface area contributed by atoms with Gasteiger partial charge in [0.05, 0.1) is 13.2 Å². The molecule has 0 amide bonds. The minimum Gasteiger partial charge on any atom is -0.493 e. The van der Waals surface area contributed by atoms with Gasteiger partial charge in [0.25, 0.3) is 0 Å². The Kier molecular flexibility index (Phi) is 8.00. The highest BCUT2D eigenvalue weighted by Gasteiger charge is 2.13. The van der Waals surface area contributed by atoms with Gasteiger partial charge in [-0.1, -0.05) is 35.7 Å². The van der Waals surface area contributed by atoms with Crippen LogP contribution in [0.1, 0.15) is 45.6 Å². The minimum absolute atomic E-state index is 0.129. The highest BCUT2D eigenvalue weighted by molar-refractivity contribution is 9.10. The van der Waals surface area contributed by atoms with Crippen LogP contribution in [0.3, 0.4) is 0 Å². The van der Waals surface area contributed by atoms with E-state index < -0.39 is 0 Å². The summed E-state index contributed by atoms with van der Waals surface area (Å²) in [4.78, 5) is 0. The first-order chi connectivity index (χ1) is 9.58. The van der Waals surface area contributed by atoms with Gasteiger partial charge < -0.3 is 14.8 Å². The smallest absolute Gasteiger partial charge is 0.166 e. The standard InChI is InChI=1S/C16H26BrNO2/c1-5-6-7-8-18-11-13-9-14(17)10-15(19-4)16(13)20-12(2)3/h9-10,12,18H,5-8,11H2,1-4H3. The Bertz CT molecular complexity index is 408. The van der Waals surface area contributed by atoms with Gasteiger partial charge in [-0.15, -0.1) is 0 Å². The third kappa shape index (κ3) is 5.71. The zero-order chi connectivity index (χ0) is 15.0. The maximum atomic E-state index is 5.91. The van der Waals surface area contributed by atoms with Crippen LogP contribution >= 0.6 is 15.9 Å². The zero-order valence-corrected chi connectivity index (χ0v) is 14.5. The molecule has 1 aromatic rings. The first-order valence-corrected chi connectivity index (χ1v) is 8.11. The summed E-state index contributed by atoms with van der Waals surface area (Å²) in [6, 6.07) is 4.03. The van der Waals surface area contributed by atoms with Crippen molar-refractivity contribution < 1.29 is 9.47 Å². The van der Waals surface area contributed by atoms with Crippen LogP contribution in [-0.4, -0.2) is 19.8 Å². The molecular formula is C16H26BrNO2. The fraction of sp³-hybridized carbons (Fsp3) is 0.625. The number of unbranched alkanes of at least 4 members (excludes halogenated alkanes) is 2. The van der Waals surface area contributed by atoms with E-state index in [1.807, 2.05) is 19.9 Å². The van der Waals surface area contributed by atoms with E-state index in [0.29, 0.717) is 0 Å². The highest BCUT2D eigenvalue weighted by Crippen LogP contribution is 2.35. The zero-order valence-electron chi connectivity index (χ0n) is 13.0. The molecule has 0 unspecified atom stereocenters. The molecule has 0 spiro atoms. The predicted molar refractivity (Wildman–Crippen MR) is 87.7 cm³/mol. The van der Waals surface area contributed by atoms with Crippen LogP contribution in [-0.2, 0) is 6.54 Å². The Morgan fingerprint density at radius 1 is 1.25 bits per heavy atom. The largest absolute Gasteiger partial charge is 0.493 e. The maximum Gasteiger partial charge on any atom is 0.166 e. The van der Waals surface area contributed by atoms with Gasteiger partial charge in [0.1, 0.15) is 0 Å². The van der Waals surface area contributed by atoms with E-state index >= 15 is 0 Å². The van der Waals surface area contributed by atoms with Crippen molar-refractivity contribution >= 4 is 15.9 Å². The van der Waals surface area contributed by atoms with Crippen molar-refractivity contribution in [1.29, 1.82) is 0 Å². The molecule has 0 heterocycles. The lowest BCUT2D eigenvalue weighted by Crippen LogP contribution is -2.17. The summed E-state index contributed by atoms with van der Waals surface area (Å²) in [5.41, 5.74) is 1.13. The van der Waals surface area contributed by atoms with Gasteiger partial charge in [-0.05, 0) is 38.9 Å². The summed E-state index contributed by atoms with van der Waals surface area (Å²) >= 11 is 3.52. The molecule has 0 saturated heterocycles. The average molecular weight is 344 g/mol. The fourth-order valence-electron chi connectivity index (χ4n) is 2.00. The van der Waals surface area contributed by atoms with E-state index in [2.05, 4.69) is 34.2 Å². The molecule has 3 nitrogen and oxygen atoms in total. The van der Waals surface area contributed by atoms with E-state index in [9.17, 15) is 0 Å². The number of ether oxygens (including phenoxy) is 2. The number of halogens is 1. The number of rotatable bonds is 9. The van der Waals surface area contributed by atoms with Crippen molar-refractivity contribution in [1.82, 2.24) is 5.32 Å². The molecule has 1 aromatic carbocycles. The average Bonchev–Trinajstić information content (AvgIpc) is 2.40. The lowest BCUT2D eigenvalue weighted by molar-refractivity contribution is 0.227. The van der Waals surface area contributed by atoms with Gasteiger partial charge in [0.2, 0.25) is 0 Å². The molecule has 0 aliphatic rings. The first-order valence-electron chi connectivity index (χ1n) is 7.32. The van der Waals surface area contributed by atoms with Crippen molar-refractivity contribution in [3.8, 4) is 11.5 Å². The molecule has 0 radical (unpaired) electrons. The van der Waals surface area contributed by atoms with E-state index in [4.69, 9.17) is 9.47 Å². The highest BCUT2D eigenvalue weighted by atomic mass is 79.9. The Hall–Kier alpha value is -0.740. The topological polar surface area (TPSA) is 30.5 Å². The SMILES string of the molecule is CCCCCNCc1cc(Br)cc(OC)c1OC(C)C. The lowest BCUT2D eigenvalue weighted by Gasteiger charge is -2.18. The van der Waals surface area contributed by atoms with E-state index in [1.54, 1.807) is 7.11 Å². The Balaban J connectivity index is 2.78. The summed E-state index contributed by atoms with van der Waals surface area (Å²) in [6.45, 7) is 8.10. The number of benzene rings is 1. The molecule has 4 heteroatoms. The van der Waals surface area contributed by atoms with Crippen LogP contribution in [0, 0.1) is 0 Å². The minimum atomic E-state index is 0.129. The van der Waals surface area contributed by atoms with Gasteiger partial charge in [-0.2, -0.15) is 0 Å². The van der Waals surface area contributed by atoms with Crippen LogP contribution in [0.2, 0.25) is 0 Å². The van der Waals surface area contributed by atoms with E-state index in [0.717, 1.165) is 34.6 Å². The maximum absolute atomic E-state index is 5.91. The Morgan fingerprint density at radius 3 is 2.60 bits per heavy atom. The van der Waals surface area contributed by atoms with Crippen LogP contribution < -0.4 is 14.8 Å². The fourth-order valence-corrected chi connectivity index (χ4v) is 2.48. The lowest BCUT2D eigenvalue weighted by atomic mass is 10.1. The molecule has 0 fully saturated rings. The first kappa shape index (κ1) is 17.3. The summed E-state index contributed by atoms with van der Waals surface area (Å²) in [5.74, 6) is 1.62. The summed E-state index contributed by atoms with van der Waals surface area (Å²) in [6.07, 6.45) is 3.85. The molecular weight excluding hydrogens is 318 g/mol. The van der Waals surface area contributed by atoms with Gasteiger partial charge in [0, 0.05) is 16.6 Å². The summed E-state index contributed by atoms with van der Waals surface area (Å²) in [7, 11) is 1.67. The molecule has 20 heavy (non-hydrogen) atoms.